The molecule has 0 aromatic rings. The topological polar surface area (TPSA) is 142 Å². The van der Waals surface area contributed by atoms with Crippen LogP contribution in [-0.2, 0) is 19.2 Å². The molecule has 0 spiro atoms. The number of likely N-dealkylation sites (tertiary alicyclic amines) is 1. The predicted molar refractivity (Wildman–Crippen MR) is 98.6 cm³/mol. The highest BCUT2D eigenvalue weighted by atomic mass is 32.1. The number of thiol groups is 1. The molecule has 1 aliphatic rings. The molecule has 3 amide bonds. The van der Waals surface area contributed by atoms with Crippen LogP contribution in [-0.4, -0.2) is 70.2 Å². The predicted octanol–water partition coefficient (Wildman–Crippen LogP) is -1.04. The molecule has 0 aromatic heterocycles. The Morgan fingerprint density at radius 1 is 1.19 bits per heavy atom. The van der Waals surface area contributed by atoms with Crippen molar-refractivity contribution in [2.24, 2.45) is 11.7 Å². The third-order valence-electron chi connectivity index (χ3n) is 4.33. The van der Waals surface area contributed by atoms with Crippen molar-refractivity contribution in [2.45, 2.75) is 57.8 Å². The molecule has 5 N–H and O–H groups in total. The largest absolute Gasteiger partial charge is 0.480 e. The maximum absolute atomic E-state index is 12.5. The molecule has 0 aromatic carbocycles. The van der Waals surface area contributed by atoms with Gasteiger partial charge in [-0.15, -0.1) is 0 Å². The van der Waals surface area contributed by atoms with E-state index in [1.54, 1.807) is 13.8 Å². The van der Waals surface area contributed by atoms with Crippen molar-refractivity contribution in [3.63, 3.8) is 0 Å². The molecule has 1 aliphatic heterocycles. The van der Waals surface area contributed by atoms with E-state index in [1.807, 2.05) is 0 Å². The molecule has 4 unspecified atom stereocenters. The number of carboxylic acids is 1. The molecule has 9 nitrogen and oxygen atoms in total. The highest BCUT2D eigenvalue weighted by Gasteiger charge is 2.37. The van der Waals surface area contributed by atoms with Crippen molar-refractivity contribution in [1.29, 1.82) is 0 Å². The molecule has 1 rings (SSSR count). The van der Waals surface area contributed by atoms with E-state index >= 15 is 0 Å². The summed E-state index contributed by atoms with van der Waals surface area (Å²) in [6.45, 7) is 5.35. The van der Waals surface area contributed by atoms with E-state index in [0.29, 0.717) is 19.4 Å². The van der Waals surface area contributed by atoms with Gasteiger partial charge in [0.25, 0.3) is 0 Å². The van der Waals surface area contributed by atoms with Crippen LogP contribution in [0.2, 0.25) is 0 Å². The smallest absolute Gasteiger partial charge is 0.326 e. The summed E-state index contributed by atoms with van der Waals surface area (Å²) in [7, 11) is 0. The van der Waals surface area contributed by atoms with Gasteiger partial charge in [0.05, 0.1) is 6.04 Å². The number of carbonyl (C=O) groups is 4. The minimum absolute atomic E-state index is 0.138. The first kappa shape index (κ1) is 22.2. The van der Waals surface area contributed by atoms with Gasteiger partial charge in [-0.3, -0.25) is 14.4 Å². The Balaban J connectivity index is 2.74. The van der Waals surface area contributed by atoms with Gasteiger partial charge < -0.3 is 26.4 Å². The van der Waals surface area contributed by atoms with Crippen molar-refractivity contribution in [3.05, 3.63) is 0 Å². The van der Waals surface area contributed by atoms with Gasteiger partial charge in [0.15, 0.2) is 0 Å². The lowest BCUT2D eigenvalue weighted by molar-refractivity contribution is -0.149. The van der Waals surface area contributed by atoms with E-state index in [9.17, 15) is 24.3 Å². The fourth-order valence-electron chi connectivity index (χ4n) is 2.78. The second-order valence-electron chi connectivity index (χ2n) is 6.78. The first-order chi connectivity index (χ1) is 12.1. The molecule has 0 aliphatic carbocycles. The second-order valence-corrected chi connectivity index (χ2v) is 7.14. The molecule has 0 radical (unpaired) electrons. The van der Waals surface area contributed by atoms with Gasteiger partial charge in [-0.1, -0.05) is 13.8 Å². The molecule has 1 saturated heterocycles. The van der Waals surface area contributed by atoms with E-state index in [1.165, 1.54) is 11.8 Å². The summed E-state index contributed by atoms with van der Waals surface area (Å²) in [5.41, 5.74) is 5.60. The number of rotatable bonds is 8. The number of hydrogen-bond acceptors (Lipinski definition) is 6. The number of carbonyl (C=O) groups excluding carboxylic acids is 3. The van der Waals surface area contributed by atoms with Crippen LogP contribution in [0, 0.1) is 5.92 Å². The van der Waals surface area contributed by atoms with Crippen LogP contribution >= 0.6 is 12.6 Å². The number of nitrogens with zero attached hydrogens (tertiary/aromatic N) is 1. The van der Waals surface area contributed by atoms with Gasteiger partial charge in [-0.05, 0) is 25.7 Å². The summed E-state index contributed by atoms with van der Waals surface area (Å²) < 4.78 is 0. The Morgan fingerprint density at radius 3 is 2.31 bits per heavy atom. The fourth-order valence-corrected chi connectivity index (χ4v) is 2.94. The third kappa shape index (κ3) is 5.60. The van der Waals surface area contributed by atoms with Gasteiger partial charge in [-0.2, -0.15) is 12.6 Å². The molecule has 0 saturated carbocycles. The maximum Gasteiger partial charge on any atom is 0.326 e. The van der Waals surface area contributed by atoms with Crippen molar-refractivity contribution in [1.82, 2.24) is 15.5 Å². The average molecular weight is 388 g/mol. The lowest BCUT2D eigenvalue weighted by Gasteiger charge is -2.28. The van der Waals surface area contributed by atoms with Crippen LogP contribution in [0.15, 0.2) is 0 Å². The third-order valence-corrected chi connectivity index (χ3v) is 4.72. The molecule has 26 heavy (non-hydrogen) atoms. The Hall–Kier alpha value is -1.81. The molecule has 1 heterocycles. The molecule has 4 atom stereocenters. The minimum atomic E-state index is -1.05. The van der Waals surface area contributed by atoms with Gasteiger partial charge in [0.1, 0.15) is 18.1 Å². The molecule has 1 fully saturated rings. The monoisotopic (exact) mass is 388 g/mol. The van der Waals surface area contributed by atoms with Crippen LogP contribution in [0.1, 0.15) is 33.6 Å². The van der Waals surface area contributed by atoms with Crippen molar-refractivity contribution >= 4 is 36.3 Å². The lowest BCUT2D eigenvalue weighted by atomic mass is 10.0. The summed E-state index contributed by atoms with van der Waals surface area (Å²) in [5, 5.41) is 14.3. The number of carboxylic acid groups (broad SMARTS) is 1. The van der Waals surface area contributed by atoms with Gasteiger partial charge in [-0.25, -0.2) is 4.79 Å². The normalized spacial score (nSPS) is 20.4. The van der Waals surface area contributed by atoms with Crippen molar-refractivity contribution in [3.8, 4) is 0 Å². The fraction of sp³-hybridized carbons (Fsp3) is 0.750. The second kappa shape index (κ2) is 9.77. The summed E-state index contributed by atoms with van der Waals surface area (Å²) in [6, 6.07) is -3.47. The van der Waals surface area contributed by atoms with Crippen LogP contribution in [0.5, 0.6) is 0 Å². The maximum atomic E-state index is 12.5. The molecule has 0 bridgehead atoms. The number of nitrogens with two attached hydrogens (primary N) is 1. The summed E-state index contributed by atoms with van der Waals surface area (Å²) in [4.78, 5) is 49.4. The van der Waals surface area contributed by atoms with E-state index in [4.69, 9.17) is 5.73 Å². The van der Waals surface area contributed by atoms with Gasteiger partial charge >= 0.3 is 5.97 Å². The summed E-state index contributed by atoms with van der Waals surface area (Å²) >= 11 is 3.95. The van der Waals surface area contributed by atoms with E-state index in [-0.39, 0.29) is 11.7 Å². The molecular weight excluding hydrogens is 360 g/mol. The Morgan fingerprint density at radius 2 is 1.81 bits per heavy atom. The summed E-state index contributed by atoms with van der Waals surface area (Å²) in [5.74, 6) is -2.62. The minimum Gasteiger partial charge on any atom is -0.480 e. The van der Waals surface area contributed by atoms with Crippen molar-refractivity contribution < 1.29 is 24.3 Å². The van der Waals surface area contributed by atoms with E-state index in [2.05, 4.69) is 23.3 Å². The van der Waals surface area contributed by atoms with Crippen LogP contribution < -0.4 is 16.4 Å². The zero-order chi connectivity index (χ0) is 20.0. The zero-order valence-corrected chi connectivity index (χ0v) is 16.2. The van der Waals surface area contributed by atoms with E-state index in [0.717, 1.165) is 0 Å². The summed E-state index contributed by atoms with van der Waals surface area (Å²) in [6.07, 6.45) is 1.00. The quantitative estimate of drug-likeness (QED) is 0.336. The highest BCUT2D eigenvalue weighted by Crippen LogP contribution is 2.18. The SMILES string of the molecule is CC(NC(=O)C(NC(=O)C(N)CS)C(C)C)C(=O)N1CCCC1C(=O)O. The van der Waals surface area contributed by atoms with Crippen LogP contribution in [0.25, 0.3) is 0 Å². The average Bonchev–Trinajstić information content (AvgIpc) is 3.07. The molecule has 10 heteroatoms. The lowest BCUT2D eigenvalue weighted by Crippen LogP contribution is -2.57. The van der Waals surface area contributed by atoms with E-state index < -0.39 is 47.9 Å². The highest BCUT2D eigenvalue weighted by molar-refractivity contribution is 7.80. The molecule has 148 valence electrons. The number of nitrogens with one attached hydrogen (secondary N) is 2. The first-order valence-electron chi connectivity index (χ1n) is 8.60. The Bertz CT molecular complexity index is 557. The standard InChI is InChI=1S/C16H28N4O5S/c1-8(2)12(19-13(21)10(17)7-26)14(22)18-9(3)15(23)20-6-4-5-11(20)16(24)25/h8-12,26H,4-7,17H2,1-3H3,(H,18,22)(H,19,21)(H,24,25). The first-order valence-corrected chi connectivity index (χ1v) is 9.23. The van der Waals surface area contributed by atoms with Crippen molar-refractivity contribution in [2.75, 3.05) is 12.3 Å². The number of amides is 3. The number of hydrogen-bond donors (Lipinski definition) is 5. The van der Waals surface area contributed by atoms with Crippen LogP contribution in [0.4, 0.5) is 0 Å². The Kier molecular flexibility index (Phi) is 8.35. The number of aliphatic carboxylic acids is 1. The van der Waals surface area contributed by atoms with Gasteiger partial charge in [0.2, 0.25) is 17.7 Å². The molecular formula is C16H28N4O5S. The Labute approximate surface area is 158 Å². The van der Waals surface area contributed by atoms with Crippen LogP contribution in [0.3, 0.4) is 0 Å². The zero-order valence-electron chi connectivity index (χ0n) is 15.3. The van der Waals surface area contributed by atoms with Gasteiger partial charge in [0, 0.05) is 12.3 Å².